The number of Topliss-reactive ketones (excluding diaryl/α,β-unsaturated/α-hetero) is 1. The number of rotatable bonds is 5. The minimum Gasteiger partial charge on any atom is -0.504 e. The number of aromatic hydroxyl groups is 1. The highest BCUT2D eigenvalue weighted by Crippen LogP contribution is 2.56. The van der Waals surface area contributed by atoms with Gasteiger partial charge in [-0.2, -0.15) is 0 Å². The first-order valence-corrected chi connectivity index (χ1v) is 15.1. The summed E-state index contributed by atoms with van der Waals surface area (Å²) in [5.41, 5.74) is 4.32. The van der Waals surface area contributed by atoms with Crippen molar-refractivity contribution in [3.8, 4) is 11.5 Å². The fourth-order valence-electron chi connectivity index (χ4n) is 7.11. The van der Waals surface area contributed by atoms with Crippen molar-refractivity contribution in [2.24, 2.45) is 17.8 Å². The molecule has 44 heavy (non-hydrogen) atoms. The number of ether oxygens (including phenoxy) is 1. The summed E-state index contributed by atoms with van der Waals surface area (Å²) >= 11 is 3.25. The van der Waals surface area contributed by atoms with Crippen molar-refractivity contribution >= 4 is 56.4 Å². The highest BCUT2D eigenvalue weighted by Gasteiger charge is 2.56. The lowest BCUT2D eigenvalue weighted by molar-refractivity contribution is -0.123. The van der Waals surface area contributed by atoms with Crippen molar-refractivity contribution in [2.45, 2.75) is 18.8 Å². The van der Waals surface area contributed by atoms with E-state index in [2.05, 4.69) is 21.2 Å². The zero-order valence-corrected chi connectivity index (χ0v) is 25.2. The molecule has 1 heterocycles. The minimum atomic E-state index is -0.694. The molecule has 0 radical (unpaired) electrons. The monoisotopic (exact) mass is 650 g/mol. The number of nitrogens with zero attached hydrogens (tertiary/aromatic N) is 1. The second-order valence-electron chi connectivity index (χ2n) is 11.4. The van der Waals surface area contributed by atoms with Crippen molar-refractivity contribution in [1.29, 1.82) is 0 Å². The van der Waals surface area contributed by atoms with Crippen LogP contribution < -0.4 is 15.0 Å². The zero-order chi connectivity index (χ0) is 30.7. The molecule has 8 nitrogen and oxygen atoms in total. The highest BCUT2D eigenvalue weighted by atomic mass is 79.9. The van der Waals surface area contributed by atoms with Crippen LogP contribution in [-0.4, -0.2) is 35.6 Å². The maximum Gasteiger partial charge on any atom is 0.238 e. The van der Waals surface area contributed by atoms with Crippen LogP contribution in [0.3, 0.4) is 0 Å². The standard InChI is InChI=1S/C35H27BrN2O6/c1-44-29-14-7-18(15-27(29)39)30-22-12-13-23-31(24(22)16-25-32(30)28(40)17-26(36)33(25)41)35(43)38(34(23)42)21-10-8-20(9-11-21)37-19-5-3-2-4-6-19/h2-12,14-15,17,23-24,30-31,37,39H,13,16H2,1H3. The number of nitrogens with one attached hydrogen (secondary N) is 1. The lowest BCUT2D eigenvalue weighted by Crippen LogP contribution is -2.39. The summed E-state index contributed by atoms with van der Waals surface area (Å²) in [5.74, 6) is -3.43. The molecule has 220 valence electrons. The first-order valence-electron chi connectivity index (χ1n) is 14.3. The number of phenolic OH excluding ortho intramolecular Hbond substituents is 1. The number of allylic oxidation sites excluding steroid dienone is 6. The average Bonchev–Trinajstić information content (AvgIpc) is 3.29. The molecule has 0 spiro atoms. The number of hydrogen-bond donors (Lipinski definition) is 2. The zero-order valence-electron chi connectivity index (χ0n) is 23.6. The molecule has 0 saturated carbocycles. The van der Waals surface area contributed by atoms with Gasteiger partial charge in [0.2, 0.25) is 11.8 Å². The molecule has 2 N–H and O–H groups in total. The van der Waals surface area contributed by atoms with Gasteiger partial charge in [-0.15, -0.1) is 0 Å². The largest absolute Gasteiger partial charge is 0.504 e. The first-order chi connectivity index (χ1) is 21.3. The number of anilines is 3. The van der Waals surface area contributed by atoms with Crippen LogP contribution in [0.15, 0.2) is 106 Å². The molecule has 3 aliphatic carbocycles. The molecule has 2 amide bonds. The van der Waals surface area contributed by atoms with Gasteiger partial charge < -0.3 is 15.2 Å². The van der Waals surface area contributed by atoms with Gasteiger partial charge in [0, 0.05) is 34.5 Å². The number of amides is 2. The van der Waals surface area contributed by atoms with Gasteiger partial charge in [-0.1, -0.05) is 35.9 Å². The molecule has 1 aliphatic heterocycles. The maximum absolute atomic E-state index is 14.1. The Morgan fingerprint density at radius 1 is 0.909 bits per heavy atom. The Morgan fingerprint density at radius 3 is 2.34 bits per heavy atom. The molecule has 1 saturated heterocycles. The van der Waals surface area contributed by atoms with Crippen LogP contribution in [0.4, 0.5) is 17.1 Å². The lowest BCUT2D eigenvalue weighted by atomic mass is 9.59. The molecular formula is C35H27BrN2O6. The second-order valence-corrected chi connectivity index (χ2v) is 12.2. The highest BCUT2D eigenvalue weighted by molar-refractivity contribution is 9.12. The summed E-state index contributed by atoms with van der Waals surface area (Å²) in [6, 6.07) is 21.8. The summed E-state index contributed by atoms with van der Waals surface area (Å²) in [4.78, 5) is 56.0. The van der Waals surface area contributed by atoms with Crippen molar-refractivity contribution in [3.63, 3.8) is 0 Å². The summed E-state index contributed by atoms with van der Waals surface area (Å²) in [6.07, 6.45) is 3.73. The van der Waals surface area contributed by atoms with Crippen molar-refractivity contribution in [2.75, 3.05) is 17.3 Å². The van der Waals surface area contributed by atoms with Gasteiger partial charge in [-0.3, -0.25) is 24.1 Å². The molecule has 3 aromatic rings. The predicted molar refractivity (Wildman–Crippen MR) is 168 cm³/mol. The fraction of sp³-hybridized carbons (Fsp3) is 0.200. The number of carbonyl (C=O) groups excluding carboxylic acids is 4. The van der Waals surface area contributed by atoms with Crippen molar-refractivity contribution in [3.05, 3.63) is 112 Å². The number of ketones is 2. The number of hydrogen-bond acceptors (Lipinski definition) is 7. The van der Waals surface area contributed by atoms with E-state index < -0.39 is 23.7 Å². The van der Waals surface area contributed by atoms with Gasteiger partial charge in [0.1, 0.15) is 0 Å². The van der Waals surface area contributed by atoms with Crippen LogP contribution in [0, 0.1) is 17.8 Å². The molecule has 9 heteroatoms. The molecule has 4 aliphatic rings. The van der Waals surface area contributed by atoms with E-state index in [-0.39, 0.29) is 45.8 Å². The van der Waals surface area contributed by atoms with Gasteiger partial charge in [0.15, 0.2) is 23.1 Å². The van der Waals surface area contributed by atoms with E-state index in [0.717, 1.165) is 16.9 Å². The van der Waals surface area contributed by atoms with E-state index in [0.29, 0.717) is 28.8 Å². The van der Waals surface area contributed by atoms with Crippen LogP contribution in [0.5, 0.6) is 11.5 Å². The second kappa shape index (κ2) is 10.7. The number of carbonyl (C=O) groups is 4. The van der Waals surface area contributed by atoms with Crippen LogP contribution in [-0.2, 0) is 19.2 Å². The van der Waals surface area contributed by atoms with E-state index in [1.54, 1.807) is 24.3 Å². The van der Waals surface area contributed by atoms with Crippen LogP contribution in [0.25, 0.3) is 0 Å². The number of para-hydroxylation sites is 1. The number of imide groups is 1. The molecule has 1 fully saturated rings. The lowest BCUT2D eigenvalue weighted by Gasteiger charge is -2.42. The Labute approximate surface area is 261 Å². The molecule has 4 unspecified atom stereocenters. The number of benzene rings is 3. The molecular weight excluding hydrogens is 624 g/mol. The summed E-state index contributed by atoms with van der Waals surface area (Å²) in [7, 11) is 1.45. The Kier molecular flexibility index (Phi) is 6.85. The number of phenols is 1. The van der Waals surface area contributed by atoms with E-state index >= 15 is 0 Å². The van der Waals surface area contributed by atoms with Crippen molar-refractivity contribution in [1.82, 2.24) is 0 Å². The Hall–Kier alpha value is -4.76. The van der Waals surface area contributed by atoms with E-state index in [1.807, 2.05) is 48.5 Å². The van der Waals surface area contributed by atoms with Gasteiger partial charge in [0.25, 0.3) is 0 Å². The third-order valence-corrected chi connectivity index (χ3v) is 9.64. The Balaban J connectivity index is 1.25. The quantitative estimate of drug-likeness (QED) is 0.195. The minimum absolute atomic E-state index is 0.0987. The Morgan fingerprint density at radius 2 is 1.64 bits per heavy atom. The Bertz CT molecular complexity index is 1840. The average molecular weight is 652 g/mol. The van der Waals surface area contributed by atoms with Gasteiger partial charge in [-0.25, -0.2) is 0 Å². The first kappa shape index (κ1) is 28.0. The third kappa shape index (κ3) is 4.42. The summed E-state index contributed by atoms with van der Waals surface area (Å²) < 4.78 is 5.39. The number of methoxy groups -OCH3 is 1. The number of fused-ring (bicyclic) bond motifs is 3. The van der Waals surface area contributed by atoms with E-state index in [4.69, 9.17) is 4.74 Å². The SMILES string of the molecule is COc1ccc(C2C3=CCC4C(=O)N(c5ccc(Nc6ccccc6)cc5)C(=O)C4C3CC3=C2C(=O)C=C(Br)C3=O)cc1O. The topological polar surface area (TPSA) is 113 Å². The smallest absolute Gasteiger partial charge is 0.238 e. The van der Waals surface area contributed by atoms with E-state index in [9.17, 15) is 24.3 Å². The number of halogens is 1. The van der Waals surface area contributed by atoms with Crippen molar-refractivity contribution < 1.29 is 29.0 Å². The third-order valence-electron chi connectivity index (χ3n) is 9.06. The van der Waals surface area contributed by atoms with Gasteiger partial charge in [0.05, 0.1) is 29.1 Å². The fourth-order valence-corrected chi connectivity index (χ4v) is 7.56. The molecule has 7 rings (SSSR count). The maximum atomic E-state index is 14.1. The predicted octanol–water partition coefficient (Wildman–Crippen LogP) is 6.11. The normalized spacial score (nSPS) is 24.4. The molecule has 3 aromatic carbocycles. The summed E-state index contributed by atoms with van der Waals surface area (Å²) in [5, 5.41) is 13.9. The molecule has 4 atom stereocenters. The molecule has 0 aromatic heterocycles. The van der Waals surface area contributed by atoms with Crippen LogP contribution >= 0.6 is 15.9 Å². The van der Waals surface area contributed by atoms with E-state index in [1.165, 1.54) is 24.2 Å². The summed E-state index contributed by atoms with van der Waals surface area (Å²) in [6.45, 7) is 0. The van der Waals surface area contributed by atoms with Crippen LogP contribution in [0.2, 0.25) is 0 Å². The van der Waals surface area contributed by atoms with Gasteiger partial charge in [-0.05, 0) is 88.8 Å². The van der Waals surface area contributed by atoms with Crippen LogP contribution in [0.1, 0.15) is 24.3 Å². The van der Waals surface area contributed by atoms with Gasteiger partial charge >= 0.3 is 0 Å². The molecule has 0 bridgehead atoms.